The maximum atomic E-state index is 13.4. The molecule has 1 aliphatic heterocycles. The summed E-state index contributed by atoms with van der Waals surface area (Å²) in [5.74, 6) is -0.378. The smallest absolute Gasteiger partial charge is 0.303 e. The minimum absolute atomic E-state index is 0.0957. The molecule has 1 amide bonds. The van der Waals surface area contributed by atoms with Crippen LogP contribution in [-0.4, -0.2) is 28.6 Å². The summed E-state index contributed by atoms with van der Waals surface area (Å²) in [4.78, 5) is 20.8. The molecule has 31 heavy (non-hydrogen) atoms. The number of pyridine rings is 1. The van der Waals surface area contributed by atoms with Gasteiger partial charge >= 0.3 is 6.18 Å². The van der Waals surface area contributed by atoms with E-state index in [1.807, 2.05) is 24.3 Å². The highest BCUT2D eigenvalue weighted by Gasteiger charge is 2.59. The Morgan fingerprint density at radius 2 is 1.94 bits per heavy atom. The molecule has 1 aromatic heterocycles. The molecule has 11 heteroatoms. The summed E-state index contributed by atoms with van der Waals surface area (Å²) < 4.78 is 43.2. The second-order valence-electron chi connectivity index (χ2n) is 7.14. The van der Waals surface area contributed by atoms with Gasteiger partial charge in [0.25, 0.3) is 5.91 Å². The number of anilines is 2. The average molecular weight is 464 g/mol. The number of nitriles is 1. The highest BCUT2D eigenvalue weighted by molar-refractivity contribution is 7.97. The molecular weight excluding hydrogens is 447 g/mol. The SMILES string of the molecule is CNSc1ccc(N2C(=S)N(c3cnc(C#N)c(C(F)(F)F)c3)C(=O)C23CCC3)cc1. The first kappa shape index (κ1) is 21.5. The number of benzene rings is 1. The van der Waals surface area contributed by atoms with Crippen molar-refractivity contribution in [2.75, 3.05) is 16.8 Å². The number of alkyl halides is 3. The average Bonchev–Trinajstić information content (AvgIpc) is 2.94. The fraction of sp³-hybridized carbons (Fsp3) is 0.300. The summed E-state index contributed by atoms with van der Waals surface area (Å²) in [5.41, 5.74) is -2.27. The van der Waals surface area contributed by atoms with Gasteiger partial charge in [-0.25, -0.2) is 4.98 Å². The zero-order valence-electron chi connectivity index (χ0n) is 16.2. The Hall–Kier alpha value is -2.68. The molecule has 1 saturated carbocycles. The van der Waals surface area contributed by atoms with Crippen LogP contribution >= 0.6 is 24.2 Å². The third-order valence-electron chi connectivity index (χ3n) is 5.45. The maximum absolute atomic E-state index is 13.4. The molecule has 1 saturated heterocycles. The Labute approximate surface area is 186 Å². The molecule has 0 unspecified atom stereocenters. The van der Waals surface area contributed by atoms with Crippen molar-refractivity contribution in [3.63, 3.8) is 0 Å². The quantitative estimate of drug-likeness (QED) is 0.537. The summed E-state index contributed by atoms with van der Waals surface area (Å²) in [6.07, 6.45) is -1.80. The predicted octanol–water partition coefficient (Wildman–Crippen LogP) is 4.26. The van der Waals surface area contributed by atoms with E-state index in [0.29, 0.717) is 18.5 Å². The highest BCUT2D eigenvalue weighted by atomic mass is 32.2. The first-order chi connectivity index (χ1) is 14.7. The minimum Gasteiger partial charge on any atom is -0.303 e. The maximum Gasteiger partial charge on any atom is 0.419 e. The van der Waals surface area contributed by atoms with Crippen LogP contribution in [0.1, 0.15) is 30.5 Å². The molecule has 2 aliphatic rings. The fourth-order valence-electron chi connectivity index (χ4n) is 3.87. The van der Waals surface area contributed by atoms with Crippen molar-refractivity contribution in [2.24, 2.45) is 0 Å². The fourth-order valence-corrected chi connectivity index (χ4v) is 4.85. The lowest BCUT2D eigenvalue weighted by atomic mass is 9.75. The van der Waals surface area contributed by atoms with Gasteiger partial charge in [0.1, 0.15) is 11.6 Å². The van der Waals surface area contributed by atoms with E-state index >= 15 is 0 Å². The molecule has 160 valence electrons. The van der Waals surface area contributed by atoms with Gasteiger partial charge in [-0.05, 0) is 80.8 Å². The topological polar surface area (TPSA) is 72.3 Å². The number of hydrogen-bond donors (Lipinski definition) is 1. The molecule has 1 aliphatic carbocycles. The molecule has 1 spiro atoms. The number of hydrogen-bond acceptors (Lipinski definition) is 6. The number of rotatable bonds is 4. The van der Waals surface area contributed by atoms with Gasteiger partial charge in [-0.1, -0.05) is 0 Å². The summed E-state index contributed by atoms with van der Waals surface area (Å²) >= 11 is 7.01. The second-order valence-corrected chi connectivity index (χ2v) is 8.59. The normalized spacial score (nSPS) is 17.8. The van der Waals surface area contributed by atoms with Crippen LogP contribution in [0.3, 0.4) is 0 Å². The number of nitrogens with one attached hydrogen (secondary N) is 1. The Balaban J connectivity index is 1.77. The number of carbonyl (C=O) groups is 1. The summed E-state index contributed by atoms with van der Waals surface area (Å²) in [6.45, 7) is 0. The zero-order chi connectivity index (χ0) is 22.4. The van der Waals surface area contributed by atoms with Crippen LogP contribution in [0.25, 0.3) is 0 Å². The summed E-state index contributed by atoms with van der Waals surface area (Å²) in [5, 5.41) is 9.09. The molecule has 2 heterocycles. The third-order valence-corrected chi connectivity index (χ3v) is 6.53. The van der Waals surface area contributed by atoms with Gasteiger partial charge < -0.3 is 4.90 Å². The van der Waals surface area contributed by atoms with Crippen LogP contribution < -0.4 is 14.5 Å². The lowest BCUT2D eigenvalue weighted by Gasteiger charge is -2.43. The van der Waals surface area contributed by atoms with E-state index in [9.17, 15) is 18.0 Å². The Morgan fingerprint density at radius 1 is 1.26 bits per heavy atom. The Bertz CT molecular complexity index is 1090. The molecular formula is C20H16F3N5OS2. The van der Waals surface area contributed by atoms with Gasteiger partial charge in [-0.15, -0.1) is 0 Å². The first-order valence-corrected chi connectivity index (χ1v) is 10.5. The van der Waals surface area contributed by atoms with E-state index in [0.717, 1.165) is 28.5 Å². The van der Waals surface area contributed by atoms with Crippen molar-refractivity contribution >= 4 is 46.6 Å². The van der Waals surface area contributed by atoms with Gasteiger partial charge in [0.15, 0.2) is 10.8 Å². The van der Waals surface area contributed by atoms with E-state index in [-0.39, 0.29) is 16.7 Å². The molecule has 2 fully saturated rings. The van der Waals surface area contributed by atoms with Crippen LogP contribution in [0.4, 0.5) is 24.5 Å². The Kier molecular flexibility index (Phi) is 5.41. The van der Waals surface area contributed by atoms with Crippen LogP contribution in [0.5, 0.6) is 0 Å². The lowest BCUT2D eigenvalue weighted by molar-refractivity contribution is -0.138. The number of aromatic nitrogens is 1. The molecule has 1 N–H and O–H groups in total. The predicted molar refractivity (Wildman–Crippen MR) is 114 cm³/mol. The highest BCUT2D eigenvalue weighted by Crippen LogP contribution is 2.48. The minimum atomic E-state index is -4.78. The zero-order valence-corrected chi connectivity index (χ0v) is 17.9. The molecule has 0 atom stereocenters. The van der Waals surface area contributed by atoms with E-state index in [1.165, 1.54) is 18.0 Å². The standard InChI is InChI=1S/C20H16F3N5OS2/c1-25-31-14-5-3-12(4-6-14)28-18(30)27(17(29)19(28)7-2-8-19)13-9-15(20(21,22)23)16(10-24)26-11-13/h3-6,9,11,25H,2,7-8H2,1H3. The van der Waals surface area contributed by atoms with E-state index in [2.05, 4.69) is 9.71 Å². The van der Waals surface area contributed by atoms with Crippen LogP contribution in [-0.2, 0) is 11.0 Å². The van der Waals surface area contributed by atoms with Gasteiger partial charge in [-0.3, -0.25) is 14.4 Å². The van der Waals surface area contributed by atoms with E-state index in [1.54, 1.807) is 11.9 Å². The van der Waals surface area contributed by atoms with Crippen molar-refractivity contribution in [2.45, 2.75) is 35.9 Å². The van der Waals surface area contributed by atoms with E-state index < -0.39 is 23.0 Å². The number of carbonyl (C=O) groups excluding carboxylic acids is 1. The molecule has 0 radical (unpaired) electrons. The van der Waals surface area contributed by atoms with Crippen molar-refractivity contribution in [1.82, 2.24) is 9.71 Å². The van der Waals surface area contributed by atoms with Crippen LogP contribution in [0, 0.1) is 11.3 Å². The molecule has 2 aromatic rings. The monoisotopic (exact) mass is 463 g/mol. The van der Waals surface area contributed by atoms with Gasteiger partial charge in [0.2, 0.25) is 0 Å². The molecule has 6 nitrogen and oxygen atoms in total. The third kappa shape index (κ3) is 3.44. The van der Waals surface area contributed by atoms with Crippen molar-refractivity contribution in [1.29, 1.82) is 5.26 Å². The van der Waals surface area contributed by atoms with Crippen molar-refractivity contribution in [3.8, 4) is 6.07 Å². The second kappa shape index (κ2) is 7.78. The van der Waals surface area contributed by atoms with E-state index in [4.69, 9.17) is 17.5 Å². The molecule has 1 aromatic carbocycles. The van der Waals surface area contributed by atoms with Crippen molar-refractivity contribution < 1.29 is 18.0 Å². The number of nitrogens with zero attached hydrogens (tertiary/aromatic N) is 4. The molecule has 0 bridgehead atoms. The van der Waals surface area contributed by atoms with Crippen LogP contribution in [0.2, 0.25) is 0 Å². The first-order valence-electron chi connectivity index (χ1n) is 9.32. The van der Waals surface area contributed by atoms with Gasteiger partial charge in [0, 0.05) is 10.6 Å². The summed E-state index contributed by atoms with van der Waals surface area (Å²) in [6, 6.07) is 9.63. The van der Waals surface area contributed by atoms with Crippen LogP contribution in [0.15, 0.2) is 41.4 Å². The lowest BCUT2D eigenvalue weighted by Crippen LogP contribution is -2.55. The number of amides is 1. The largest absolute Gasteiger partial charge is 0.419 e. The Morgan fingerprint density at radius 3 is 2.45 bits per heavy atom. The van der Waals surface area contributed by atoms with Gasteiger partial charge in [0.05, 0.1) is 17.4 Å². The van der Waals surface area contributed by atoms with Crippen molar-refractivity contribution in [3.05, 3.63) is 47.8 Å². The summed E-state index contributed by atoms with van der Waals surface area (Å²) in [7, 11) is 1.80. The number of halogens is 3. The van der Waals surface area contributed by atoms with Gasteiger partial charge in [-0.2, -0.15) is 18.4 Å². The molecule has 4 rings (SSSR count). The number of thiocarbonyl (C=S) groups is 1.